The number of hydrogen-bond acceptors (Lipinski definition) is 5. The molecule has 3 N–H and O–H groups in total. The number of hydrogen-bond donors (Lipinski definition) is 2. The van der Waals surface area contributed by atoms with Crippen molar-refractivity contribution in [2.24, 2.45) is 11.7 Å². The molecule has 0 radical (unpaired) electrons. The van der Waals surface area contributed by atoms with Crippen LogP contribution in [0.3, 0.4) is 0 Å². The van der Waals surface area contributed by atoms with Gasteiger partial charge in [0.05, 0.1) is 13.4 Å². The van der Waals surface area contributed by atoms with E-state index in [0.717, 1.165) is 30.2 Å². The van der Waals surface area contributed by atoms with Gasteiger partial charge in [-0.2, -0.15) is 0 Å². The average molecular weight is 493 g/mol. The monoisotopic (exact) mass is 492 g/mol. The zero-order valence-corrected chi connectivity index (χ0v) is 20.5. The van der Waals surface area contributed by atoms with Crippen LogP contribution in [0.1, 0.15) is 30.9 Å². The van der Waals surface area contributed by atoms with Gasteiger partial charge < -0.3 is 15.2 Å². The molecule has 2 aromatic rings. The van der Waals surface area contributed by atoms with E-state index >= 15 is 0 Å². The topological polar surface area (TPSA) is 108 Å². The van der Waals surface area contributed by atoms with Gasteiger partial charge in [-0.1, -0.05) is 36.4 Å². The minimum atomic E-state index is -3.53. The van der Waals surface area contributed by atoms with Gasteiger partial charge in [0.1, 0.15) is 12.6 Å². The third-order valence-electron chi connectivity index (χ3n) is 4.95. The van der Waals surface area contributed by atoms with Gasteiger partial charge in [0.15, 0.2) is 11.5 Å². The lowest BCUT2D eigenvalue weighted by molar-refractivity contribution is -0.120. The molecule has 2 aromatic carbocycles. The molecule has 0 aliphatic rings. The maximum Gasteiger partial charge on any atom is 0.235 e. The van der Waals surface area contributed by atoms with E-state index in [1.54, 1.807) is 26.2 Å². The maximum atomic E-state index is 11.6. The predicted molar refractivity (Wildman–Crippen MR) is 130 cm³/mol. The fourth-order valence-electron chi connectivity index (χ4n) is 3.25. The Bertz CT molecular complexity index is 1110. The first-order valence-electron chi connectivity index (χ1n) is 10.4. The van der Waals surface area contributed by atoms with Crippen molar-refractivity contribution in [2.75, 3.05) is 20.0 Å². The van der Waals surface area contributed by atoms with Crippen molar-refractivity contribution in [3.8, 4) is 23.3 Å². The third kappa shape index (κ3) is 9.34. The van der Waals surface area contributed by atoms with Gasteiger partial charge in [0.2, 0.25) is 15.9 Å². The van der Waals surface area contributed by atoms with E-state index < -0.39 is 22.0 Å². The van der Waals surface area contributed by atoms with E-state index in [4.69, 9.17) is 26.8 Å². The summed E-state index contributed by atoms with van der Waals surface area (Å²) in [6, 6.07) is 12.0. The molecule has 1 amide bonds. The predicted octanol–water partition coefficient (Wildman–Crippen LogP) is 3.14. The molecular weight excluding hydrogens is 464 g/mol. The molecule has 0 aliphatic heterocycles. The Morgan fingerprint density at radius 3 is 2.48 bits per heavy atom. The van der Waals surface area contributed by atoms with Gasteiger partial charge in [-0.05, 0) is 67.1 Å². The van der Waals surface area contributed by atoms with Gasteiger partial charge in [-0.15, -0.1) is 0 Å². The number of aryl methyl sites for hydroxylation is 1. The van der Waals surface area contributed by atoms with Gasteiger partial charge in [0.25, 0.3) is 0 Å². The second kappa shape index (κ2) is 12.5. The number of primary amides is 1. The zero-order chi connectivity index (χ0) is 24.4. The third-order valence-corrected chi connectivity index (χ3v) is 5.88. The Kier molecular flexibility index (Phi) is 10.0. The van der Waals surface area contributed by atoms with Gasteiger partial charge >= 0.3 is 0 Å². The Morgan fingerprint density at radius 1 is 1.18 bits per heavy atom. The minimum Gasteiger partial charge on any atom is -0.493 e. The van der Waals surface area contributed by atoms with Crippen LogP contribution in [0.5, 0.6) is 11.5 Å². The lowest BCUT2D eigenvalue weighted by Crippen LogP contribution is -2.48. The van der Waals surface area contributed by atoms with Crippen LogP contribution in [-0.4, -0.2) is 40.3 Å². The second-order valence-electron chi connectivity index (χ2n) is 7.72. The van der Waals surface area contributed by atoms with Crippen LogP contribution in [0, 0.1) is 17.8 Å². The smallest absolute Gasteiger partial charge is 0.235 e. The Labute approximate surface area is 200 Å². The van der Waals surface area contributed by atoms with Crippen molar-refractivity contribution in [2.45, 2.75) is 32.2 Å². The molecule has 0 bridgehead atoms. The van der Waals surface area contributed by atoms with E-state index in [1.807, 2.05) is 30.3 Å². The van der Waals surface area contributed by atoms with Crippen LogP contribution in [-0.2, 0) is 21.2 Å². The highest BCUT2D eigenvalue weighted by Crippen LogP contribution is 2.29. The first-order chi connectivity index (χ1) is 15.6. The molecule has 0 heterocycles. The summed E-state index contributed by atoms with van der Waals surface area (Å²) < 4.78 is 36.4. The molecule has 0 saturated heterocycles. The maximum absolute atomic E-state index is 11.6. The van der Waals surface area contributed by atoms with Crippen molar-refractivity contribution in [3.05, 3.63) is 58.6 Å². The molecule has 0 saturated carbocycles. The molecule has 178 valence electrons. The summed E-state index contributed by atoms with van der Waals surface area (Å²) in [4.78, 5) is 11.6. The van der Waals surface area contributed by atoms with Crippen LogP contribution in [0.25, 0.3) is 0 Å². The lowest BCUT2D eigenvalue weighted by Gasteiger charge is -2.21. The van der Waals surface area contributed by atoms with Crippen LogP contribution in [0.4, 0.5) is 0 Å². The van der Waals surface area contributed by atoms with Gasteiger partial charge in [-0.3, -0.25) is 4.79 Å². The highest BCUT2D eigenvalue weighted by atomic mass is 35.5. The Balaban J connectivity index is 1.91. The summed E-state index contributed by atoms with van der Waals surface area (Å²) in [6.45, 7) is 2.01. The average Bonchev–Trinajstić information content (AvgIpc) is 2.76. The Hall–Kier alpha value is -2.73. The number of nitrogens with one attached hydrogen (secondary N) is 1. The summed E-state index contributed by atoms with van der Waals surface area (Å²) in [6.07, 6.45) is 3.10. The number of benzene rings is 2. The normalized spacial score (nSPS) is 12.8. The fraction of sp³-hybridized carbons (Fsp3) is 0.375. The number of methoxy groups -OCH3 is 1. The summed E-state index contributed by atoms with van der Waals surface area (Å²) >= 11 is 5.87. The number of amides is 1. The highest BCUT2D eigenvalue weighted by molar-refractivity contribution is 7.88. The minimum absolute atomic E-state index is 0.206. The molecule has 0 aliphatic carbocycles. The summed E-state index contributed by atoms with van der Waals surface area (Å²) in [5, 5.41) is 0.661. The number of carbonyl (C=O) groups excluding carboxylic acids is 1. The largest absolute Gasteiger partial charge is 0.493 e. The van der Waals surface area contributed by atoms with Crippen molar-refractivity contribution in [3.63, 3.8) is 0 Å². The number of halogens is 1. The number of carbonyl (C=O) groups is 1. The highest BCUT2D eigenvalue weighted by Gasteiger charge is 2.25. The summed E-state index contributed by atoms with van der Waals surface area (Å²) in [5.74, 6) is 6.24. The SMILES string of the molecule is COc1cc(CCCC(C)C(NS(C)(=O)=O)C(N)=O)ccc1OCC#Cc1ccc(Cl)cc1. The molecule has 0 fully saturated rings. The van der Waals surface area contributed by atoms with Crippen LogP contribution in [0.2, 0.25) is 5.02 Å². The first-order valence-corrected chi connectivity index (χ1v) is 12.7. The van der Waals surface area contributed by atoms with E-state index in [9.17, 15) is 13.2 Å². The fourth-order valence-corrected chi connectivity index (χ4v) is 4.19. The van der Waals surface area contributed by atoms with Crippen LogP contribution in [0.15, 0.2) is 42.5 Å². The van der Waals surface area contributed by atoms with E-state index in [1.165, 1.54) is 0 Å². The van der Waals surface area contributed by atoms with Crippen molar-refractivity contribution >= 4 is 27.5 Å². The summed E-state index contributed by atoms with van der Waals surface area (Å²) in [7, 11) is -1.96. The lowest BCUT2D eigenvalue weighted by atomic mass is 9.94. The van der Waals surface area contributed by atoms with E-state index in [2.05, 4.69) is 16.6 Å². The molecule has 0 aromatic heterocycles. The Morgan fingerprint density at radius 2 is 1.88 bits per heavy atom. The molecule has 2 unspecified atom stereocenters. The second-order valence-corrected chi connectivity index (χ2v) is 9.94. The number of sulfonamides is 1. The molecule has 7 nitrogen and oxygen atoms in total. The standard InChI is InChI=1S/C24H29ClN2O5S/c1-17(23(24(26)28)27-33(3,29)30)6-4-7-19-11-14-21(22(16-19)31-2)32-15-5-8-18-9-12-20(25)13-10-18/h9-14,16-17,23,27H,4,6-7,15H2,1-3H3,(H2,26,28). The molecule has 0 spiro atoms. The molecule has 9 heteroatoms. The number of rotatable bonds is 11. The molecule has 2 atom stereocenters. The molecular formula is C24H29ClN2O5S. The van der Waals surface area contributed by atoms with Gasteiger partial charge in [-0.25, -0.2) is 13.1 Å². The quantitative estimate of drug-likeness (QED) is 0.468. The number of nitrogens with two attached hydrogens (primary N) is 1. The molecule has 2 rings (SSSR count). The van der Waals surface area contributed by atoms with E-state index in [0.29, 0.717) is 22.9 Å². The first kappa shape index (κ1) is 26.5. The zero-order valence-electron chi connectivity index (χ0n) is 18.9. The molecule has 33 heavy (non-hydrogen) atoms. The van der Waals surface area contributed by atoms with Gasteiger partial charge in [0, 0.05) is 10.6 Å². The number of ether oxygens (including phenoxy) is 2. The van der Waals surface area contributed by atoms with Crippen molar-refractivity contribution in [1.82, 2.24) is 4.72 Å². The van der Waals surface area contributed by atoms with E-state index in [-0.39, 0.29) is 12.5 Å². The van der Waals surface area contributed by atoms with Crippen molar-refractivity contribution < 1.29 is 22.7 Å². The summed E-state index contributed by atoms with van der Waals surface area (Å²) in [5.41, 5.74) is 7.24. The van der Waals surface area contributed by atoms with Crippen LogP contribution >= 0.6 is 11.6 Å². The van der Waals surface area contributed by atoms with Crippen molar-refractivity contribution in [1.29, 1.82) is 0 Å². The van der Waals surface area contributed by atoms with Crippen LogP contribution < -0.4 is 19.9 Å².